The van der Waals surface area contributed by atoms with E-state index in [0.29, 0.717) is 11.7 Å². The topological polar surface area (TPSA) is 29.9 Å². The van der Waals surface area contributed by atoms with Gasteiger partial charge < -0.3 is 5.32 Å². The number of benzene rings is 1. The van der Waals surface area contributed by atoms with E-state index in [1.165, 1.54) is 5.56 Å². The minimum Gasteiger partial charge on any atom is -0.380 e. The van der Waals surface area contributed by atoms with E-state index >= 15 is 0 Å². The monoisotopic (exact) mass is 327 g/mol. The van der Waals surface area contributed by atoms with Crippen LogP contribution in [-0.2, 0) is 13.6 Å². The summed E-state index contributed by atoms with van der Waals surface area (Å²) in [4.78, 5) is 0. The standard InChI is InChI=1S/C13H15BrClN3/c1-8-4-5-12(11(14)6-8)16-7-10-9(2)17-18(3)13(10)15/h4-6,16H,7H2,1-3H3. The Balaban J connectivity index is 2.16. The highest BCUT2D eigenvalue weighted by atomic mass is 79.9. The molecule has 0 radical (unpaired) electrons. The summed E-state index contributed by atoms with van der Waals surface area (Å²) in [6, 6.07) is 6.21. The van der Waals surface area contributed by atoms with Crippen molar-refractivity contribution >= 4 is 33.2 Å². The fraction of sp³-hybridized carbons (Fsp3) is 0.308. The number of nitrogens with one attached hydrogen (secondary N) is 1. The van der Waals surface area contributed by atoms with Gasteiger partial charge in [-0.3, -0.25) is 4.68 Å². The summed E-state index contributed by atoms with van der Waals surface area (Å²) in [5.74, 6) is 0. The second-order valence-corrected chi connectivity index (χ2v) is 5.53. The Hall–Kier alpha value is -1.000. The number of halogens is 2. The molecule has 0 saturated carbocycles. The Kier molecular flexibility index (Phi) is 3.97. The van der Waals surface area contributed by atoms with E-state index in [-0.39, 0.29) is 0 Å². The third-order valence-corrected chi connectivity index (χ3v) is 3.98. The molecule has 96 valence electrons. The van der Waals surface area contributed by atoms with Crippen LogP contribution in [0.1, 0.15) is 16.8 Å². The van der Waals surface area contributed by atoms with Crippen LogP contribution >= 0.6 is 27.5 Å². The van der Waals surface area contributed by atoms with E-state index in [1.54, 1.807) is 4.68 Å². The second-order valence-electron chi connectivity index (χ2n) is 4.32. The van der Waals surface area contributed by atoms with Gasteiger partial charge in [0, 0.05) is 29.3 Å². The molecule has 1 aromatic carbocycles. The van der Waals surface area contributed by atoms with Gasteiger partial charge >= 0.3 is 0 Å². The Bertz CT molecular complexity index is 578. The van der Waals surface area contributed by atoms with Gasteiger partial charge in [-0.15, -0.1) is 0 Å². The molecular formula is C13H15BrClN3. The van der Waals surface area contributed by atoms with Crippen molar-refractivity contribution in [2.75, 3.05) is 5.32 Å². The summed E-state index contributed by atoms with van der Waals surface area (Å²) < 4.78 is 2.75. The molecule has 1 N–H and O–H groups in total. The molecule has 2 aromatic rings. The molecule has 0 aliphatic heterocycles. The lowest BCUT2D eigenvalue weighted by Crippen LogP contribution is -2.01. The Labute approximate surface area is 120 Å². The first-order valence-corrected chi connectivity index (χ1v) is 6.84. The first-order chi connectivity index (χ1) is 8.49. The predicted molar refractivity (Wildman–Crippen MR) is 79.2 cm³/mol. The average Bonchev–Trinajstić information content (AvgIpc) is 2.53. The van der Waals surface area contributed by atoms with Crippen molar-refractivity contribution in [1.82, 2.24) is 9.78 Å². The molecule has 0 unspecified atom stereocenters. The summed E-state index contributed by atoms with van der Waals surface area (Å²) in [6.45, 7) is 4.70. The van der Waals surface area contributed by atoms with Crippen molar-refractivity contribution in [1.29, 1.82) is 0 Å². The van der Waals surface area contributed by atoms with Crippen molar-refractivity contribution in [3.63, 3.8) is 0 Å². The molecule has 18 heavy (non-hydrogen) atoms. The van der Waals surface area contributed by atoms with E-state index < -0.39 is 0 Å². The molecule has 0 bridgehead atoms. The first kappa shape index (κ1) is 13.4. The van der Waals surface area contributed by atoms with Crippen molar-refractivity contribution in [2.45, 2.75) is 20.4 Å². The van der Waals surface area contributed by atoms with Gasteiger partial charge in [0.2, 0.25) is 0 Å². The molecule has 0 saturated heterocycles. The maximum atomic E-state index is 6.19. The second kappa shape index (κ2) is 5.33. The van der Waals surface area contributed by atoms with Crippen molar-refractivity contribution < 1.29 is 0 Å². The van der Waals surface area contributed by atoms with E-state index in [1.807, 2.05) is 14.0 Å². The molecular weight excluding hydrogens is 314 g/mol. The minimum atomic E-state index is 0.667. The molecule has 0 fully saturated rings. The highest BCUT2D eigenvalue weighted by Gasteiger charge is 2.11. The molecule has 0 aliphatic rings. The zero-order valence-corrected chi connectivity index (χ0v) is 12.9. The number of rotatable bonds is 3. The molecule has 5 heteroatoms. The lowest BCUT2D eigenvalue weighted by Gasteiger charge is -2.09. The highest BCUT2D eigenvalue weighted by Crippen LogP contribution is 2.25. The molecule has 0 amide bonds. The number of hydrogen-bond donors (Lipinski definition) is 1. The maximum absolute atomic E-state index is 6.19. The van der Waals surface area contributed by atoms with Gasteiger partial charge in [-0.1, -0.05) is 17.7 Å². The Morgan fingerprint density at radius 1 is 1.39 bits per heavy atom. The first-order valence-electron chi connectivity index (χ1n) is 5.67. The van der Waals surface area contributed by atoms with Crippen LogP contribution in [0.2, 0.25) is 5.15 Å². The summed E-state index contributed by atoms with van der Waals surface area (Å²) in [5, 5.41) is 8.34. The normalized spacial score (nSPS) is 10.7. The predicted octanol–water partition coefficient (Wildman–Crippen LogP) is 4.06. The zero-order valence-electron chi connectivity index (χ0n) is 10.6. The Morgan fingerprint density at radius 3 is 2.67 bits per heavy atom. The maximum Gasteiger partial charge on any atom is 0.131 e. The van der Waals surface area contributed by atoms with Crippen LogP contribution in [-0.4, -0.2) is 9.78 Å². The number of hydrogen-bond acceptors (Lipinski definition) is 2. The van der Waals surface area contributed by atoms with E-state index in [4.69, 9.17) is 11.6 Å². The summed E-state index contributed by atoms with van der Waals surface area (Å²) in [6.07, 6.45) is 0. The van der Waals surface area contributed by atoms with E-state index in [2.05, 4.69) is 51.5 Å². The van der Waals surface area contributed by atoms with Crippen molar-refractivity contribution in [2.24, 2.45) is 7.05 Å². The summed E-state index contributed by atoms with van der Waals surface area (Å²) >= 11 is 9.74. The smallest absolute Gasteiger partial charge is 0.131 e. The molecule has 1 heterocycles. The number of nitrogens with zero attached hydrogens (tertiary/aromatic N) is 2. The van der Waals surface area contributed by atoms with E-state index in [9.17, 15) is 0 Å². The van der Waals surface area contributed by atoms with Crippen LogP contribution in [0.25, 0.3) is 0 Å². The zero-order chi connectivity index (χ0) is 13.3. The number of aryl methyl sites for hydroxylation is 3. The summed E-state index contributed by atoms with van der Waals surface area (Å²) in [5.41, 5.74) is 4.27. The largest absolute Gasteiger partial charge is 0.380 e. The van der Waals surface area contributed by atoms with Crippen molar-refractivity contribution in [3.8, 4) is 0 Å². The fourth-order valence-electron chi connectivity index (χ4n) is 1.82. The van der Waals surface area contributed by atoms with Gasteiger partial charge in [0.25, 0.3) is 0 Å². The Morgan fingerprint density at radius 2 is 2.11 bits per heavy atom. The van der Waals surface area contributed by atoms with Crippen LogP contribution in [0.5, 0.6) is 0 Å². The molecule has 2 rings (SSSR count). The third-order valence-electron chi connectivity index (χ3n) is 2.85. The van der Waals surface area contributed by atoms with Crippen LogP contribution in [0.15, 0.2) is 22.7 Å². The van der Waals surface area contributed by atoms with Crippen LogP contribution in [0.3, 0.4) is 0 Å². The number of aromatic nitrogens is 2. The van der Waals surface area contributed by atoms with Gasteiger partial charge in [-0.2, -0.15) is 5.10 Å². The summed E-state index contributed by atoms with van der Waals surface area (Å²) in [7, 11) is 1.85. The van der Waals surface area contributed by atoms with Gasteiger partial charge in [0.05, 0.1) is 5.69 Å². The lowest BCUT2D eigenvalue weighted by atomic mass is 10.2. The SMILES string of the molecule is Cc1ccc(NCc2c(C)nn(C)c2Cl)c(Br)c1. The molecule has 3 nitrogen and oxygen atoms in total. The van der Waals surface area contributed by atoms with E-state index in [0.717, 1.165) is 21.4 Å². The van der Waals surface area contributed by atoms with Crippen LogP contribution in [0, 0.1) is 13.8 Å². The van der Waals surface area contributed by atoms with Gasteiger partial charge in [-0.25, -0.2) is 0 Å². The van der Waals surface area contributed by atoms with Gasteiger partial charge in [0.1, 0.15) is 5.15 Å². The highest BCUT2D eigenvalue weighted by molar-refractivity contribution is 9.10. The van der Waals surface area contributed by atoms with Gasteiger partial charge in [-0.05, 0) is 47.5 Å². The van der Waals surface area contributed by atoms with Crippen LogP contribution < -0.4 is 5.32 Å². The van der Waals surface area contributed by atoms with Crippen LogP contribution in [0.4, 0.5) is 5.69 Å². The molecule has 0 atom stereocenters. The number of anilines is 1. The quantitative estimate of drug-likeness (QED) is 0.920. The minimum absolute atomic E-state index is 0.667. The lowest BCUT2D eigenvalue weighted by molar-refractivity contribution is 0.757. The third kappa shape index (κ3) is 2.70. The molecule has 0 aliphatic carbocycles. The average molecular weight is 329 g/mol. The van der Waals surface area contributed by atoms with Gasteiger partial charge in [0.15, 0.2) is 0 Å². The van der Waals surface area contributed by atoms with Crippen molar-refractivity contribution in [3.05, 3.63) is 44.6 Å². The fourth-order valence-corrected chi connectivity index (χ4v) is 2.70. The molecule has 0 spiro atoms. The molecule has 1 aromatic heterocycles.